The molecule has 1 amide bonds. The predicted octanol–water partition coefficient (Wildman–Crippen LogP) is 4.04. The second-order valence-electron chi connectivity index (χ2n) is 8.15. The van der Waals surface area contributed by atoms with Gasteiger partial charge in [-0.3, -0.25) is 4.79 Å². The van der Waals surface area contributed by atoms with Gasteiger partial charge in [0.05, 0.1) is 18.4 Å². The molecule has 8 nitrogen and oxygen atoms in total. The van der Waals surface area contributed by atoms with Gasteiger partial charge in [0.1, 0.15) is 28.4 Å². The van der Waals surface area contributed by atoms with E-state index in [1.807, 2.05) is 24.3 Å². The molecule has 2 aromatic heterocycles. The van der Waals surface area contributed by atoms with E-state index in [9.17, 15) is 13.6 Å². The molecule has 1 saturated heterocycles. The molecule has 0 radical (unpaired) electrons. The monoisotopic (exact) mass is 452 g/mol. The number of piperidine rings is 1. The number of aromatic nitrogens is 4. The lowest BCUT2D eigenvalue weighted by molar-refractivity contribution is 0.0534. The number of para-hydroxylation sites is 2. The fourth-order valence-corrected chi connectivity index (χ4v) is 4.37. The molecule has 33 heavy (non-hydrogen) atoms. The largest absolute Gasteiger partial charge is 0.424 e. The molecule has 1 aliphatic heterocycles. The minimum atomic E-state index is -0.948. The number of nitrogens with zero attached hydrogens (tertiary/aromatic N) is 5. The van der Waals surface area contributed by atoms with Crippen molar-refractivity contribution in [1.29, 1.82) is 0 Å². The topological polar surface area (TPSA) is 89.1 Å². The van der Waals surface area contributed by atoms with Gasteiger partial charge in [-0.05, 0) is 30.9 Å². The molecule has 1 N–H and O–H groups in total. The van der Waals surface area contributed by atoms with E-state index in [1.165, 1.54) is 12.4 Å². The highest BCUT2D eigenvalue weighted by Crippen LogP contribution is 2.29. The molecule has 3 heterocycles. The van der Waals surface area contributed by atoms with Crippen molar-refractivity contribution in [2.45, 2.75) is 25.8 Å². The molecular formula is C23H22F2N6O2. The van der Waals surface area contributed by atoms with Crippen molar-refractivity contribution in [1.82, 2.24) is 24.9 Å². The van der Waals surface area contributed by atoms with Crippen LogP contribution in [0.2, 0.25) is 0 Å². The normalized spacial score (nSPS) is 18.6. The standard InChI is InChI=1S/C23H22F2N6O2/c1-14-5-4-10-30(19(14)13-26-23-29-17-6-2-3-7-20(17)33-23)22(32)21-16(25)11-15(24)12-18(21)31-27-8-9-28-31/h2-3,6-9,11-12,14,19H,4-5,10,13H2,1H3,(H,26,29). The van der Waals surface area contributed by atoms with Gasteiger partial charge in [0.2, 0.25) is 0 Å². The number of hydrogen-bond donors (Lipinski definition) is 1. The Bertz CT molecular complexity index is 1260. The van der Waals surface area contributed by atoms with Crippen LogP contribution in [-0.2, 0) is 0 Å². The molecule has 2 unspecified atom stereocenters. The number of carbonyl (C=O) groups is 1. The van der Waals surface area contributed by atoms with E-state index in [0.717, 1.165) is 29.2 Å². The average Bonchev–Trinajstić information content (AvgIpc) is 3.47. The number of amides is 1. The number of halogens is 2. The van der Waals surface area contributed by atoms with Gasteiger partial charge in [-0.1, -0.05) is 19.1 Å². The smallest absolute Gasteiger partial charge is 0.295 e. The third kappa shape index (κ3) is 4.04. The molecule has 0 spiro atoms. The highest BCUT2D eigenvalue weighted by molar-refractivity contribution is 5.98. The molecule has 0 saturated carbocycles. The summed E-state index contributed by atoms with van der Waals surface area (Å²) in [6, 6.07) is 9.31. The van der Waals surface area contributed by atoms with Crippen LogP contribution in [-0.4, -0.2) is 49.9 Å². The molecule has 1 fully saturated rings. The number of oxazole rings is 1. The summed E-state index contributed by atoms with van der Waals surface area (Å²) in [6.45, 7) is 2.87. The Morgan fingerprint density at radius 2 is 2.00 bits per heavy atom. The van der Waals surface area contributed by atoms with E-state index in [1.54, 1.807) is 4.90 Å². The first-order chi connectivity index (χ1) is 16.0. The first-order valence-corrected chi connectivity index (χ1v) is 10.8. The highest BCUT2D eigenvalue weighted by atomic mass is 19.1. The van der Waals surface area contributed by atoms with Crippen LogP contribution >= 0.6 is 0 Å². The van der Waals surface area contributed by atoms with Crippen LogP contribution in [0, 0.1) is 17.6 Å². The lowest BCUT2D eigenvalue weighted by Gasteiger charge is -2.40. The minimum absolute atomic E-state index is 0.0358. The van der Waals surface area contributed by atoms with E-state index in [2.05, 4.69) is 27.4 Å². The van der Waals surface area contributed by atoms with E-state index >= 15 is 0 Å². The fourth-order valence-electron chi connectivity index (χ4n) is 4.37. The van der Waals surface area contributed by atoms with Gasteiger partial charge in [-0.25, -0.2) is 8.78 Å². The summed E-state index contributed by atoms with van der Waals surface area (Å²) in [5.41, 5.74) is 1.10. The van der Waals surface area contributed by atoms with E-state index < -0.39 is 17.5 Å². The highest BCUT2D eigenvalue weighted by Gasteiger charge is 2.35. The molecule has 0 bridgehead atoms. The van der Waals surface area contributed by atoms with Crippen LogP contribution in [0.3, 0.4) is 0 Å². The number of anilines is 1. The molecule has 2 aromatic carbocycles. The second-order valence-corrected chi connectivity index (χ2v) is 8.15. The first kappa shape index (κ1) is 21.0. The van der Waals surface area contributed by atoms with Gasteiger partial charge in [0.25, 0.3) is 11.9 Å². The Kier molecular flexibility index (Phi) is 5.49. The molecule has 170 valence electrons. The first-order valence-electron chi connectivity index (χ1n) is 10.8. The number of likely N-dealkylation sites (tertiary alicyclic amines) is 1. The molecule has 0 aliphatic carbocycles. The summed E-state index contributed by atoms with van der Waals surface area (Å²) in [5.74, 6) is -2.14. The lowest BCUT2D eigenvalue weighted by Crippen LogP contribution is -2.51. The molecule has 1 aliphatic rings. The van der Waals surface area contributed by atoms with Crippen molar-refractivity contribution in [2.24, 2.45) is 5.92 Å². The zero-order valence-electron chi connectivity index (χ0n) is 17.9. The summed E-state index contributed by atoms with van der Waals surface area (Å²) in [4.78, 5) is 20.7. The van der Waals surface area contributed by atoms with Gasteiger partial charge in [0, 0.05) is 25.2 Å². The number of benzene rings is 2. The molecule has 10 heteroatoms. The maximum atomic E-state index is 14.9. The second kappa shape index (κ2) is 8.61. The van der Waals surface area contributed by atoms with Crippen LogP contribution in [0.1, 0.15) is 30.1 Å². The number of hydrogen-bond acceptors (Lipinski definition) is 6. The third-order valence-corrected chi connectivity index (χ3v) is 6.02. The lowest BCUT2D eigenvalue weighted by atomic mass is 9.90. The Labute approximate surface area is 188 Å². The maximum Gasteiger partial charge on any atom is 0.295 e. The van der Waals surface area contributed by atoms with Crippen LogP contribution in [0.4, 0.5) is 14.8 Å². The fraction of sp³-hybridized carbons (Fsp3) is 0.304. The minimum Gasteiger partial charge on any atom is -0.424 e. The van der Waals surface area contributed by atoms with Crippen molar-refractivity contribution in [3.63, 3.8) is 0 Å². The van der Waals surface area contributed by atoms with E-state index in [4.69, 9.17) is 4.42 Å². The molecular weight excluding hydrogens is 430 g/mol. The Morgan fingerprint density at radius 1 is 1.21 bits per heavy atom. The summed E-state index contributed by atoms with van der Waals surface area (Å²) in [7, 11) is 0. The van der Waals surface area contributed by atoms with Crippen molar-refractivity contribution in [2.75, 3.05) is 18.4 Å². The van der Waals surface area contributed by atoms with Gasteiger partial charge >= 0.3 is 0 Å². The van der Waals surface area contributed by atoms with Crippen LogP contribution in [0.15, 0.2) is 53.2 Å². The van der Waals surface area contributed by atoms with Gasteiger partial charge in [-0.15, -0.1) is 0 Å². The molecule has 5 rings (SSSR count). The summed E-state index contributed by atoms with van der Waals surface area (Å²) < 4.78 is 34.6. The number of nitrogens with one attached hydrogen (secondary N) is 1. The predicted molar refractivity (Wildman–Crippen MR) is 117 cm³/mol. The average molecular weight is 452 g/mol. The van der Waals surface area contributed by atoms with Crippen LogP contribution in [0.5, 0.6) is 0 Å². The SMILES string of the molecule is CC1CCCN(C(=O)c2c(F)cc(F)cc2-n2nccn2)C1CNc1nc2ccccc2o1. The van der Waals surface area contributed by atoms with Crippen molar-refractivity contribution < 1.29 is 18.0 Å². The zero-order chi connectivity index (χ0) is 22.9. The van der Waals surface area contributed by atoms with Gasteiger partial charge in [-0.2, -0.15) is 20.0 Å². The molecule has 2 atom stereocenters. The summed E-state index contributed by atoms with van der Waals surface area (Å²) in [5, 5.41) is 11.1. The zero-order valence-corrected chi connectivity index (χ0v) is 17.9. The van der Waals surface area contributed by atoms with Gasteiger partial charge < -0.3 is 14.6 Å². The van der Waals surface area contributed by atoms with Crippen molar-refractivity contribution in [3.8, 4) is 5.69 Å². The van der Waals surface area contributed by atoms with Crippen molar-refractivity contribution >= 4 is 23.0 Å². The number of fused-ring (bicyclic) bond motifs is 1. The van der Waals surface area contributed by atoms with E-state index in [0.29, 0.717) is 30.8 Å². The van der Waals surface area contributed by atoms with Gasteiger partial charge in [0.15, 0.2) is 5.58 Å². The van der Waals surface area contributed by atoms with Crippen LogP contribution in [0.25, 0.3) is 16.8 Å². The Balaban J connectivity index is 1.44. The molecule has 4 aromatic rings. The number of rotatable bonds is 5. The summed E-state index contributed by atoms with van der Waals surface area (Å²) >= 11 is 0. The van der Waals surface area contributed by atoms with Crippen molar-refractivity contribution in [3.05, 3.63) is 66.0 Å². The summed E-state index contributed by atoms with van der Waals surface area (Å²) in [6.07, 6.45) is 4.47. The van der Waals surface area contributed by atoms with E-state index in [-0.39, 0.29) is 23.2 Å². The number of carbonyl (C=O) groups excluding carboxylic acids is 1. The third-order valence-electron chi connectivity index (χ3n) is 6.02. The quantitative estimate of drug-likeness (QED) is 0.492. The Morgan fingerprint density at radius 3 is 2.79 bits per heavy atom. The Hall–Kier alpha value is -3.82. The van der Waals surface area contributed by atoms with Crippen LogP contribution < -0.4 is 5.32 Å². The maximum absolute atomic E-state index is 14.9.